The minimum Gasteiger partial charge on any atom is -0.496 e. The van der Waals surface area contributed by atoms with Crippen molar-refractivity contribution in [3.05, 3.63) is 69.5 Å². The molecule has 162 valence electrons. The van der Waals surface area contributed by atoms with Crippen LogP contribution in [0.1, 0.15) is 23.4 Å². The second kappa shape index (κ2) is 9.98. The van der Waals surface area contributed by atoms with Crippen molar-refractivity contribution in [3.8, 4) is 11.5 Å². The zero-order valence-corrected chi connectivity index (χ0v) is 17.3. The molecule has 3 rings (SSSR count). The van der Waals surface area contributed by atoms with Crippen LogP contribution in [-0.4, -0.2) is 39.4 Å². The first-order chi connectivity index (χ1) is 14.9. The predicted molar refractivity (Wildman–Crippen MR) is 110 cm³/mol. The van der Waals surface area contributed by atoms with Gasteiger partial charge in [0.1, 0.15) is 12.4 Å². The Morgan fingerprint density at radius 3 is 2.71 bits per heavy atom. The molecule has 0 N–H and O–H groups in total. The molecule has 31 heavy (non-hydrogen) atoms. The number of nitro benzene ring substituents is 1. The first kappa shape index (κ1) is 22.2. The summed E-state index contributed by atoms with van der Waals surface area (Å²) >= 11 is 1.13. The van der Waals surface area contributed by atoms with E-state index in [4.69, 9.17) is 9.47 Å². The van der Waals surface area contributed by atoms with E-state index in [1.54, 1.807) is 36.6 Å². The van der Waals surface area contributed by atoms with E-state index in [2.05, 4.69) is 15.3 Å². The summed E-state index contributed by atoms with van der Waals surface area (Å²) in [7, 11) is 1.48. The summed E-state index contributed by atoms with van der Waals surface area (Å²) in [6.07, 6.45) is 0.228. The van der Waals surface area contributed by atoms with Crippen LogP contribution in [-0.2, 0) is 6.61 Å². The van der Waals surface area contributed by atoms with Gasteiger partial charge in [-0.2, -0.15) is 9.78 Å². The average molecular weight is 449 g/mol. The van der Waals surface area contributed by atoms with Gasteiger partial charge in [0.05, 0.1) is 18.2 Å². The Morgan fingerprint density at radius 1 is 1.26 bits per heavy atom. The van der Waals surface area contributed by atoms with Crippen LogP contribution in [0.5, 0.6) is 11.5 Å². The zero-order valence-electron chi connectivity index (χ0n) is 16.4. The monoisotopic (exact) mass is 449 g/mol. The largest absolute Gasteiger partial charge is 0.496 e. The molecule has 2 aromatic carbocycles. The Balaban J connectivity index is 1.86. The molecule has 0 aliphatic carbocycles. The van der Waals surface area contributed by atoms with Crippen molar-refractivity contribution in [1.29, 1.82) is 0 Å². The fraction of sp³-hybridized carbons (Fsp3) is 0.211. The first-order valence-corrected chi connectivity index (χ1v) is 10.0. The van der Waals surface area contributed by atoms with E-state index in [-0.39, 0.29) is 23.2 Å². The maximum atomic E-state index is 13.1. The van der Waals surface area contributed by atoms with Crippen LogP contribution in [0.2, 0.25) is 0 Å². The molecule has 9 nitrogen and oxygen atoms in total. The third-order valence-corrected chi connectivity index (χ3v) is 4.71. The van der Waals surface area contributed by atoms with Gasteiger partial charge in [-0.3, -0.25) is 10.1 Å². The van der Waals surface area contributed by atoms with E-state index in [0.29, 0.717) is 16.9 Å². The summed E-state index contributed by atoms with van der Waals surface area (Å²) < 4.78 is 38.2. The van der Waals surface area contributed by atoms with E-state index >= 15 is 0 Å². The SMILES string of the molecule is COc1ccc(/C=N\n2c(SC)nnc2C(F)F)cc1COc1ccccc1[N+](=O)[O-]. The standard InChI is InChI=1S/C19H17F2N5O4S/c1-29-15-8-7-12(10-22-25-18(17(20)21)23-24-19(25)31-2)9-13(15)11-30-16-6-4-3-5-14(16)26(27)28/h3-10,17H,11H2,1-2H3/b22-10-. The van der Waals surface area contributed by atoms with E-state index < -0.39 is 17.2 Å². The summed E-state index contributed by atoms with van der Waals surface area (Å²) in [4.78, 5) is 10.6. The van der Waals surface area contributed by atoms with Gasteiger partial charge < -0.3 is 9.47 Å². The summed E-state index contributed by atoms with van der Waals surface area (Å²) in [6.45, 7) is -0.0132. The van der Waals surface area contributed by atoms with E-state index in [1.165, 1.54) is 25.5 Å². The molecule has 0 radical (unpaired) electrons. The number of nitrogens with zero attached hydrogens (tertiary/aromatic N) is 5. The topological polar surface area (TPSA) is 105 Å². The highest BCUT2D eigenvalue weighted by Gasteiger charge is 2.19. The number of ether oxygens (including phenoxy) is 2. The van der Waals surface area contributed by atoms with Gasteiger partial charge in [-0.15, -0.1) is 10.2 Å². The lowest BCUT2D eigenvalue weighted by molar-refractivity contribution is -0.385. The molecule has 1 aromatic heterocycles. The predicted octanol–water partition coefficient (Wildman–Crippen LogP) is 4.32. The molecule has 0 atom stereocenters. The number of hydrogen-bond donors (Lipinski definition) is 0. The fourth-order valence-electron chi connectivity index (χ4n) is 2.65. The van der Waals surface area contributed by atoms with Gasteiger partial charge in [-0.05, 0) is 36.1 Å². The number of nitro groups is 1. The molecule has 0 saturated carbocycles. The number of alkyl halides is 2. The summed E-state index contributed by atoms with van der Waals surface area (Å²) in [6, 6.07) is 11.0. The van der Waals surface area contributed by atoms with Crippen LogP contribution in [0.4, 0.5) is 14.5 Å². The lowest BCUT2D eigenvalue weighted by Crippen LogP contribution is -2.03. The van der Waals surface area contributed by atoms with Crippen molar-refractivity contribution in [3.63, 3.8) is 0 Å². The van der Waals surface area contributed by atoms with Gasteiger partial charge >= 0.3 is 5.69 Å². The molecule has 0 fully saturated rings. The van der Waals surface area contributed by atoms with Crippen LogP contribution < -0.4 is 9.47 Å². The molecular weight excluding hydrogens is 432 g/mol. The van der Waals surface area contributed by atoms with Crippen molar-refractivity contribution < 1.29 is 23.2 Å². The lowest BCUT2D eigenvalue weighted by atomic mass is 10.1. The smallest absolute Gasteiger partial charge is 0.310 e. The molecule has 0 spiro atoms. The second-order valence-corrected chi connectivity index (χ2v) is 6.76. The average Bonchev–Trinajstić information content (AvgIpc) is 3.19. The van der Waals surface area contributed by atoms with Gasteiger partial charge in [-0.1, -0.05) is 23.9 Å². The summed E-state index contributed by atoms with van der Waals surface area (Å²) in [5, 5.41) is 22.6. The Hall–Kier alpha value is -3.54. The molecule has 12 heteroatoms. The maximum absolute atomic E-state index is 13.1. The highest BCUT2D eigenvalue weighted by Crippen LogP contribution is 2.28. The fourth-order valence-corrected chi connectivity index (χ4v) is 3.09. The van der Waals surface area contributed by atoms with Crippen LogP contribution in [0.25, 0.3) is 0 Å². The first-order valence-electron chi connectivity index (χ1n) is 8.79. The van der Waals surface area contributed by atoms with Gasteiger partial charge in [0.2, 0.25) is 11.0 Å². The van der Waals surface area contributed by atoms with E-state index in [0.717, 1.165) is 16.4 Å². The number of benzene rings is 2. The summed E-state index contributed by atoms with van der Waals surface area (Å²) in [5.74, 6) is 0.0523. The summed E-state index contributed by atoms with van der Waals surface area (Å²) in [5.41, 5.74) is 1.01. The second-order valence-electron chi connectivity index (χ2n) is 5.99. The number of aromatic nitrogens is 3. The third kappa shape index (κ3) is 5.15. The lowest BCUT2D eigenvalue weighted by Gasteiger charge is -2.11. The molecule has 0 bridgehead atoms. The molecule has 0 aliphatic rings. The minimum atomic E-state index is -2.83. The van der Waals surface area contributed by atoms with Crippen LogP contribution in [0.3, 0.4) is 0 Å². The van der Waals surface area contributed by atoms with Crippen LogP contribution in [0.15, 0.2) is 52.7 Å². The third-order valence-electron chi connectivity index (χ3n) is 4.09. The van der Waals surface area contributed by atoms with Gasteiger partial charge in [-0.25, -0.2) is 8.78 Å². The quantitative estimate of drug-likeness (QED) is 0.207. The van der Waals surface area contributed by atoms with Crippen molar-refractivity contribution in [2.45, 2.75) is 18.2 Å². The Bertz CT molecular complexity index is 1110. The number of methoxy groups -OCH3 is 1. The maximum Gasteiger partial charge on any atom is 0.310 e. The van der Waals surface area contributed by atoms with Crippen LogP contribution in [0, 0.1) is 10.1 Å². The number of thioether (sulfide) groups is 1. The van der Waals surface area contributed by atoms with Crippen molar-refractivity contribution in [2.75, 3.05) is 13.4 Å². The molecule has 0 saturated heterocycles. The number of rotatable bonds is 9. The highest BCUT2D eigenvalue weighted by molar-refractivity contribution is 7.98. The van der Waals surface area contributed by atoms with E-state index in [1.807, 2.05) is 0 Å². The van der Waals surface area contributed by atoms with Gasteiger partial charge in [0.25, 0.3) is 6.43 Å². The Labute approximate surface area is 179 Å². The Kier molecular flexibility index (Phi) is 7.13. The van der Waals surface area contributed by atoms with Crippen LogP contribution >= 0.6 is 11.8 Å². The minimum absolute atomic E-state index is 0.0132. The Morgan fingerprint density at radius 2 is 2.03 bits per heavy atom. The highest BCUT2D eigenvalue weighted by atomic mass is 32.2. The van der Waals surface area contributed by atoms with Crippen molar-refractivity contribution in [2.24, 2.45) is 5.10 Å². The molecular formula is C19H17F2N5O4S. The van der Waals surface area contributed by atoms with Gasteiger partial charge in [0, 0.05) is 11.6 Å². The van der Waals surface area contributed by atoms with Gasteiger partial charge in [0.15, 0.2) is 5.75 Å². The number of para-hydroxylation sites is 2. The van der Waals surface area contributed by atoms with Crippen molar-refractivity contribution in [1.82, 2.24) is 14.9 Å². The molecule has 1 heterocycles. The molecule has 0 aliphatic heterocycles. The number of halogens is 2. The molecule has 3 aromatic rings. The van der Waals surface area contributed by atoms with Crippen molar-refractivity contribution >= 4 is 23.7 Å². The zero-order chi connectivity index (χ0) is 22.4. The molecule has 0 amide bonds. The van der Waals surface area contributed by atoms with E-state index in [9.17, 15) is 18.9 Å². The molecule has 0 unspecified atom stereocenters. The normalized spacial score (nSPS) is 11.3. The number of hydrogen-bond acceptors (Lipinski definition) is 8.